The Kier molecular flexibility index (Phi) is 3.82. The van der Waals surface area contributed by atoms with E-state index in [1.165, 1.54) is 10.8 Å². The molecule has 0 unspecified atom stereocenters. The molecule has 1 heterocycles. The molecule has 3 heteroatoms. The average Bonchev–Trinajstić information content (AvgIpc) is 2.52. The number of anilines is 1. The molecule has 0 radical (unpaired) electrons. The van der Waals surface area contributed by atoms with E-state index in [9.17, 15) is 0 Å². The number of hydrogen-bond donors (Lipinski definition) is 1. The van der Waals surface area contributed by atoms with Crippen LogP contribution in [0.5, 0.6) is 0 Å². The summed E-state index contributed by atoms with van der Waals surface area (Å²) in [5.74, 6) is 1.69. The maximum atomic E-state index is 4.57. The van der Waals surface area contributed by atoms with Crippen molar-refractivity contribution in [1.82, 2.24) is 9.97 Å². The smallest absolute Gasteiger partial charge is 0.130 e. The molecule has 21 heavy (non-hydrogen) atoms. The molecular formula is C18H19N3. The molecule has 0 amide bonds. The highest BCUT2D eigenvalue weighted by Gasteiger charge is 2.05. The third kappa shape index (κ3) is 3.02. The van der Waals surface area contributed by atoms with Gasteiger partial charge in [-0.15, -0.1) is 0 Å². The van der Waals surface area contributed by atoms with Gasteiger partial charge < -0.3 is 5.32 Å². The number of fused-ring (bicyclic) bond motifs is 1. The molecule has 3 rings (SSSR count). The van der Waals surface area contributed by atoms with Gasteiger partial charge in [0.1, 0.15) is 11.6 Å². The first-order chi connectivity index (χ1) is 10.3. The Labute approximate surface area is 125 Å². The highest BCUT2D eigenvalue weighted by Crippen LogP contribution is 2.24. The summed E-state index contributed by atoms with van der Waals surface area (Å²) in [7, 11) is 0. The van der Waals surface area contributed by atoms with Gasteiger partial charge in [-0.3, -0.25) is 0 Å². The van der Waals surface area contributed by atoms with Crippen molar-refractivity contribution in [2.45, 2.75) is 20.3 Å². The monoisotopic (exact) mass is 277 g/mol. The van der Waals surface area contributed by atoms with Gasteiger partial charge in [0.05, 0.1) is 5.69 Å². The summed E-state index contributed by atoms with van der Waals surface area (Å²) < 4.78 is 0. The molecule has 1 aromatic heterocycles. The molecule has 0 saturated heterocycles. The molecular weight excluding hydrogens is 258 g/mol. The van der Waals surface area contributed by atoms with Gasteiger partial charge in [-0.05, 0) is 30.2 Å². The van der Waals surface area contributed by atoms with Gasteiger partial charge in [0.2, 0.25) is 0 Å². The maximum Gasteiger partial charge on any atom is 0.130 e. The van der Waals surface area contributed by atoms with Gasteiger partial charge in [-0.25, -0.2) is 9.97 Å². The molecule has 0 atom stereocenters. The third-order valence-corrected chi connectivity index (χ3v) is 3.44. The Morgan fingerprint density at radius 3 is 2.57 bits per heavy atom. The standard InChI is InChI=1S/C18H19N3/c1-3-10-19-18-12-17(20-13(2)21-18)16-9-8-14-6-4-5-7-15(14)11-16/h4-9,11-12H,3,10H2,1-2H3,(H,19,20,21). The Morgan fingerprint density at radius 2 is 1.76 bits per heavy atom. The van der Waals surface area contributed by atoms with Crippen LogP contribution < -0.4 is 5.32 Å². The second-order valence-electron chi connectivity index (χ2n) is 5.17. The fourth-order valence-corrected chi connectivity index (χ4v) is 2.41. The van der Waals surface area contributed by atoms with Crippen LogP contribution in [0.1, 0.15) is 19.2 Å². The summed E-state index contributed by atoms with van der Waals surface area (Å²) in [6.45, 7) is 5.00. The molecule has 106 valence electrons. The number of benzene rings is 2. The summed E-state index contributed by atoms with van der Waals surface area (Å²) >= 11 is 0. The fraction of sp³-hybridized carbons (Fsp3) is 0.222. The second-order valence-corrected chi connectivity index (χ2v) is 5.17. The summed E-state index contributed by atoms with van der Waals surface area (Å²) in [5, 5.41) is 5.81. The van der Waals surface area contributed by atoms with E-state index in [4.69, 9.17) is 0 Å². The van der Waals surface area contributed by atoms with Crippen LogP contribution >= 0.6 is 0 Å². The highest BCUT2D eigenvalue weighted by molar-refractivity contribution is 5.86. The van der Waals surface area contributed by atoms with Crippen molar-refractivity contribution in [2.75, 3.05) is 11.9 Å². The lowest BCUT2D eigenvalue weighted by Gasteiger charge is -2.08. The van der Waals surface area contributed by atoms with Crippen LogP contribution in [0.2, 0.25) is 0 Å². The largest absolute Gasteiger partial charge is 0.370 e. The van der Waals surface area contributed by atoms with Gasteiger partial charge >= 0.3 is 0 Å². The normalized spacial score (nSPS) is 10.8. The zero-order valence-corrected chi connectivity index (χ0v) is 12.4. The minimum Gasteiger partial charge on any atom is -0.370 e. The lowest BCUT2D eigenvalue weighted by Crippen LogP contribution is -2.04. The summed E-state index contributed by atoms with van der Waals surface area (Å²) in [5.41, 5.74) is 2.09. The van der Waals surface area contributed by atoms with Crippen LogP contribution in [0.4, 0.5) is 5.82 Å². The molecule has 0 fully saturated rings. The number of nitrogens with one attached hydrogen (secondary N) is 1. The average molecular weight is 277 g/mol. The lowest BCUT2D eigenvalue weighted by molar-refractivity contribution is 0.955. The summed E-state index contributed by atoms with van der Waals surface area (Å²) in [6, 6.07) is 16.8. The van der Waals surface area contributed by atoms with E-state index in [0.29, 0.717) is 0 Å². The molecule has 0 aliphatic carbocycles. The Bertz CT molecular complexity index is 765. The Balaban J connectivity index is 2.02. The number of nitrogens with zero attached hydrogens (tertiary/aromatic N) is 2. The molecule has 0 saturated carbocycles. The highest BCUT2D eigenvalue weighted by atomic mass is 15.0. The van der Waals surface area contributed by atoms with E-state index < -0.39 is 0 Å². The van der Waals surface area contributed by atoms with Crippen LogP contribution in [0.25, 0.3) is 22.0 Å². The van der Waals surface area contributed by atoms with Gasteiger partial charge in [0.15, 0.2) is 0 Å². The van der Waals surface area contributed by atoms with Crippen molar-refractivity contribution in [3.8, 4) is 11.3 Å². The maximum absolute atomic E-state index is 4.57. The van der Waals surface area contributed by atoms with Gasteiger partial charge in [-0.1, -0.05) is 43.3 Å². The van der Waals surface area contributed by atoms with Crippen molar-refractivity contribution in [1.29, 1.82) is 0 Å². The SMILES string of the molecule is CCCNc1cc(-c2ccc3ccccc3c2)nc(C)n1. The first kappa shape index (κ1) is 13.6. The van der Waals surface area contributed by atoms with E-state index in [0.717, 1.165) is 35.9 Å². The van der Waals surface area contributed by atoms with Gasteiger partial charge in [0, 0.05) is 18.2 Å². The van der Waals surface area contributed by atoms with Crippen LogP contribution in [0.3, 0.4) is 0 Å². The third-order valence-electron chi connectivity index (χ3n) is 3.44. The molecule has 0 bridgehead atoms. The second kappa shape index (κ2) is 5.92. The lowest BCUT2D eigenvalue weighted by atomic mass is 10.0. The van der Waals surface area contributed by atoms with Gasteiger partial charge in [0.25, 0.3) is 0 Å². The van der Waals surface area contributed by atoms with E-state index >= 15 is 0 Å². The molecule has 3 aromatic rings. The van der Waals surface area contributed by atoms with Crippen LogP contribution in [0.15, 0.2) is 48.5 Å². The number of aromatic nitrogens is 2. The van der Waals surface area contributed by atoms with Crippen LogP contribution in [-0.4, -0.2) is 16.5 Å². The van der Waals surface area contributed by atoms with Crippen molar-refractivity contribution in [3.05, 3.63) is 54.4 Å². The molecule has 0 spiro atoms. The summed E-state index contributed by atoms with van der Waals surface area (Å²) in [4.78, 5) is 9.00. The minimum atomic E-state index is 0.791. The topological polar surface area (TPSA) is 37.8 Å². The molecule has 1 N–H and O–H groups in total. The van der Waals surface area contributed by atoms with Crippen molar-refractivity contribution in [3.63, 3.8) is 0 Å². The van der Waals surface area contributed by atoms with E-state index in [1.54, 1.807) is 0 Å². The quantitative estimate of drug-likeness (QED) is 0.766. The Hall–Kier alpha value is -2.42. The van der Waals surface area contributed by atoms with Gasteiger partial charge in [-0.2, -0.15) is 0 Å². The van der Waals surface area contributed by atoms with E-state index in [1.807, 2.05) is 13.0 Å². The van der Waals surface area contributed by atoms with Crippen LogP contribution in [0, 0.1) is 6.92 Å². The number of hydrogen-bond acceptors (Lipinski definition) is 3. The number of aryl methyl sites for hydroxylation is 1. The molecule has 0 aliphatic rings. The molecule has 3 nitrogen and oxygen atoms in total. The molecule has 2 aromatic carbocycles. The van der Waals surface area contributed by atoms with Crippen molar-refractivity contribution in [2.24, 2.45) is 0 Å². The van der Waals surface area contributed by atoms with Crippen molar-refractivity contribution < 1.29 is 0 Å². The predicted molar refractivity (Wildman–Crippen MR) is 88.5 cm³/mol. The van der Waals surface area contributed by atoms with Crippen molar-refractivity contribution >= 4 is 16.6 Å². The Morgan fingerprint density at radius 1 is 0.952 bits per heavy atom. The zero-order chi connectivity index (χ0) is 14.7. The fourth-order valence-electron chi connectivity index (χ4n) is 2.41. The first-order valence-corrected chi connectivity index (χ1v) is 7.35. The summed E-state index contributed by atoms with van der Waals surface area (Å²) in [6.07, 6.45) is 1.08. The van der Waals surface area contributed by atoms with E-state index in [-0.39, 0.29) is 0 Å². The van der Waals surface area contributed by atoms with Crippen LogP contribution in [-0.2, 0) is 0 Å². The minimum absolute atomic E-state index is 0.791. The molecule has 0 aliphatic heterocycles. The predicted octanol–water partition coefficient (Wildman–Crippen LogP) is 4.43. The zero-order valence-electron chi connectivity index (χ0n) is 12.4. The first-order valence-electron chi connectivity index (χ1n) is 7.35. The van der Waals surface area contributed by atoms with E-state index in [2.05, 4.69) is 64.7 Å². The number of rotatable bonds is 4.